The number of anilines is 1. The molecule has 0 aliphatic carbocycles. The van der Waals surface area contributed by atoms with E-state index in [0.717, 1.165) is 4.47 Å². The second-order valence-electron chi connectivity index (χ2n) is 7.29. The van der Waals surface area contributed by atoms with Crippen LogP contribution in [0.5, 0.6) is 0 Å². The number of rotatable bonds is 3. The number of carbonyl (C=O) groups is 1. The molecule has 0 aromatic carbocycles. The topological polar surface area (TPSA) is 76.6 Å². The Morgan fingerprint density at radius 2 is 2.00 bits per heavy atom. The van der Waals surface area contributed by atoms with Gasteiger partial charge in [0.2, 0.25) is 5.95 Å². The summed E-state index contributed by atoms with van der Waals surface area (Å²) in [4.78, 5) is 22.7. The lowest BCUT2D eigenvalue weighted by Crippen LogP contribution is -2.52. The SMILES string of the molecule is C[C@@H]1OC(C)(C)N(C(=O)OC(C)(C)C)[C@H]1CNc1ncc(Br)cn1. The van der Waals surface area contributed by atoms with E-state index in [0.29, 0.717) is 12.5 Å². The summed E-state index contributed by atoms with van der Waals surface area (Å²) in [5.74, 6) is 0.499. The molecule has 0 bridgehead atoms. The summed E-state index contributed by atoms with van der Waals surface area (Å²) in [5.41, 5.74) is -1.31. The highest BCUT2D eigenvalue weighted by molar-refractivity contribution is 9.10. The van der Waals surface area contributed by atoms with E-state index in [1.54, 1.807) is 17.3 Å². The van der Waals surface area contributed by atoms with Gasteiger partial charge in [-0.2, -0.15) is 0 Å². The minimum Gasteiger partial charge on any atom is -0.444 e. The van der Waals surface area contributed by atoms with Gasteiger partial charge in [0.15, 0.2) is 0 Å². The first-order valence-corrected chi connectivity index (χ1v) is 8.70. The van der Waals surface area contributed by atoms with E-state index in [1.165, 1.54) is 0 Å². The molecule has 2 atom stereocenters. The second-order valence-corrected chi connectivity index (χ2v) is 8.21. The van der Waals surface area contributed by atoms with E-state index in [2.05, 4.69) is 31.2 Å². The van der Waals surface area contributed by atoms with Crippen LogP contribution in [0.2, 0.25) is 0 Å². The summed E-state index contributed by atoms with van der Waals surface area (Å²) in [6.07, 6.45) is 2.80. The van der Waals surface area contributed by atoms with Crippen molar-refractivity contribution in [3.63, 3.8) is 0 Å². The van der Waals surface area contributed by atoms with Gasteiger partial charge in [-0.05, 0) is 57.5 Å². The zero-order valence-electron chi connectivity index (χ0n) is 15.0. The zero-order valence-corrected chi connectivity index (χ0v) is 16.5. The molecule has 2 rings (SSSR count). The minimum absolute atomic E-state index is 0.143. The van der Waals surface area contributed by atoms with Gasteiger partial charge < -0.3 is 14.8 Å². The number of halogens is 1. The zero-order chi connectivity index (χ0) is 18.1. The smallest absolute Gasteiger partial charge is 0.412 e. The molecular weight excluding hydrogens is 376 g/mol. The maximum Gasteiger partial charge on any atom is 0.412 e. The molecule has 0 radical (unpaired) electrons. The summed E-state index contributed by atoms with van der Waals surface area (Å²) in [7, 11) is 0. The van der Waals surface area contributed by atoms with Crippen molar-refractivity contribution in [3.05, 3.63) is 16.9 Å². The van der Waals surface area contributed by atoms with Gasteiger partial charge >= 0.3 is 6.09 Å². The molecule has 1 aromatic rings. The molecule has 1 aliphatic heterocycles. The molecule has 0 saturated carbocycles. The molecule has 24 heavy (non-hydrogen) atoms. The van der Waals surface area contributed by atoms with Crippen molar-refractivity contribution < 1.29 is 14.3 Å². The fourth-order valence-electron chi connectivity index (χ4n) is 2.72. The number of ether oxygens (including phenoxy) is 2. The fraction of sp³-hybridized carbons (Fsp3) is 0.688. The number of aromatic nitrogens is 2. The number of nitrogens with one attached hydrogen (secondary N) is 1. The predicted octanol–water partition coefficient (Wildman–Crippen LogP) is 3.41. The lowest BCUT2D eigenvalue weighted by atomic mass is 10.1. The maximum atomic E-state index is 12.6. The number of nitrogens with zero attached hydrogens (tertiary/aromatic N) is 3. The van der Waals surface area contributed by atoms with Gasteiger partial charge in [0, 0.05) is 18.9 Å². The molecule has 7 nitrogen and oxygen atoms in total. The minimum atomic E-state index is -0.741. The number of amides is 1. The van der Waals surface area contributed by atoms with Crippen LogP contribution in [-0.2, 0) is 9.47 Å². The van der Waals surface area contributed by atoms with Gasteiger partial charge in [-0.25, -0.2) is 14.8 Å². The Morgan fingerprint density at radius 3 is 2.54 bits per heavy atom. The first-order valence-electron chi connectivity index (χ1n) is 7.91. The standard InChI is InChI=1S/C16H25BrN4O3/c1-10-12(9-20-13-18-7-11(17)8-19-13)21(16(5,6)23-10)14(22)24-15(2,3)4/h7-8,10,12H,9H2,1-6H3,(H,18,19,20)/t10-,12-/m0/s1. The molecule has 1 aromatic heterocycles. The molecule has 1 aliphatic rings. The molecule has 2 heterocycles. The van der Waals surface area contributed by atoms with Crippen molar-refractivity contribution >= 4 is 28.0 Å². The first-order chi connectivity index (χ1) is 11.0. The molecule has 134 valence electrons. The fourth-order valence-corrected chi connectivity index (χ4v) is 2.93. The lowest BCUT2D eigenvalue weighted by Gasteiger charge is -2.35. The normalized spacial score (nSPS) is 23.2. The van der Waals surface area contributed by atoms with Gasteiger partial charge in [-0.15, -0.1) is 0 Å². The van der Waals surface area contributed by atoms with Crippen LogP contribution in [-0.4, -0.2) is 51.0 Å². The van der Waals surface area contributed by atoms with Crippen LogP contribution in [0.25, 0.3) is 0 Å². The molecule has 0 spiro atoms. The third kappa shape index (κ3) is 4.57. The highest BCUT2D eigenvalue weighted by Gasteiger charge is 2.49. The predicted molar refractivity (Wildman–Crippen MR) is 94.7 cm³/mol. The van der Waals surface area contributed by atoms with Gasteiger partial charge in [0.25, 0.3) is 0 Å². The van der Waals surface area contributed by atoms with Crippen molar-refractivity contribution in [2.45, 2.75) is 65.0 Å². The van der Waals surface area contributed by atoms with Crippen LogP contribution in [0.4, 0.5) is 10.7 Å². The maximum absolute atomic E-state index is 12.6. The van der Waals surface area contributed by atoms with Crippen LogP contribution in [0.1, 0.15) is 41.5 Å². The Bertz CT molecular complexity index is 586. The van der Waals surface area contributed by atoms with Crippen molar-refractivity contribution in [1.29, 1.82) is 0 Å². The Morgan fingerprint density at radius 1 is 1.42 bits per heavy atom. The van der Waals surface area contributed by atoms with Crippen LogP contribution in [0.3, 0.4) is 0 Å². The number of hydrogen-bond acceptors (Lipinski definition) is 6. The molecule has 1 amide bonds. The Balaban J connectivity index is 2.12. The van der Waals surface area contributed by atoms with Crippen LogP contribution >= 0.6 is 15.9 Å². The highest BCUT2D eigenvalue weighted by atomic mass is 79.9. The van der Waals surface area contributed by atoms with Crippen molar-refractivity contribution in [1.82, 2.24) is 14.9 Å². The van der Waals surface area contributed by atoms with Gasteiger partial charge in [-0.3, -0.25) is 4.90 Å². The summed E-state index contributed by atoms with van der Waals surface area (Å²) in [6, 6.07) is -0.193. The summed E-state index contributed by atoms with van der Waals surface area (Å²) in [5, 5.41) is 3.16. The largest absolute Gasteiger partial charge is 0.444 e. The van der Waals surface area contributed by atoms with E-state index in [4.69, 9.17) is 9.47 Å². The van der Waals surface area contributed by atoms with E-state index >= 15 is 0 Å². The summed E-state index contributed by atoms with van der Waals surface area (Å²) < 4.78 is 12.3. The monoisotopic (exact) mass is 400 g/mol. The Labute approximate surface area is 151 Å². The average molecular weight is 401 g/mol. The number of hydrogen-bond donors (Lipinski definition) is 1. The molecule has 8 heteroatoms. The highest BCUT2D eigenvalue weighted by Crippen LogP contribution is 2.33. The quantitative estimate of drug-likeness (QED) is 0.837. The molecule has 0 unspecified atom stereocenters. The second kappa shape index (κ2) is 6.84. The van der Waals surface area contributed by atoms with E-state index < -0.39 is 11.3 Å². The molecular formula is C16H25BrN4O3. The Hall–Kier alpha value is -1.41. The van der Waals surface area contributed by atoms with Crippen LogP contribution in [0, 0.1) is 0 Å². The van der Waals surface area contributed by atoms with Crippen LogP contribution in [0.15, 0.2) is 16.9 Å². The van der Waals surface area contributed by atoms with Crippen LogP contribution < -0.4 is 5.32 Å². The van der Waals surface area contributed by atoms with E-state index in [9.17, 15) is 4.79 Å². The Kier molecular flexibility index (Phi) is 5.39. The average Bonchev–Trinajstić information content (AvgIpc) is 2.65. The summed E-state index contributed by atoms with van der Waals surface area (Å²) in [6.45, 7) is 11.7. The van der Waals surface area contributed by atoms with Crippen molar-refractivity contribution in [2.75, 3.05) is 11.9 Å². The third-order valence-electron chi connectivity index (χ3n) is 3.61. The van der Waals surface area contributed by atoms with Gasteiger partial charge in [0.1, 0.15) is 11.3 Å². The lowest BCUT2D eigenvalue weighted by molar-refractivity contribution is -0.0755. The third-order valence-corrected chi connectivity index (χ3v) is 4.02. The van der Waals surface area contributed by atoms with Crippen molar-refractivity contribution in [2.24, 2.45) is 0 Å². The molecule has 1 saturated heterocycles. The molecule has 1 N–H and O–H groups in total. The van der Waals surface area contributed by atoms with Gasteiger partial charge in [0.05, 0.1) is 16.6 Å². The molecule has 1 fully saturated rings. The summed E-state index contributed by atoms with van der Waals surface area (Å²) >= 11 is 3.30. The number of carbonyl (C=O) groups excluding carboxylic acids is 1. The van der Waals surface area contributed by atoms with E-state index in [-0.39, 0.29) is 18.2 Å². The van der Waals surface area contributed by atoms with Crippen molar-refractivity contribution in [3.8, 4) is 0 Å². The van der Waals surface area contributed by atoms with Gasteiger partial charge in [-0.1, -0.05) is 0 Å². The van der Waals surface area contributed by atoms with E-state index in [1.807, 2.05) is 41.5 Å². The first kappa shape index (κ1) is 18.9.